The Morgan fingerprint density at radius 1 is 1.35 bits per heavy atom. The van der Waals surface area contributed by atoms with Crippen LogP contribution in [0.5, 0.6) is 0 Å². The van der Waals surface area contributed by atoms with Gasteiger partial charge in [0.05, 0.1) is 11.8 Å². The van der Waals surface area contributed by atoms with Crippen molar-refractivity contribution in [1.29, 1.82) is 0 Å². The number of ether oxygens (including phenoxy) is 2. The van der Waals surface area contributed by atoms with Gasteiger partial charge in [-0.15, -0.1) is 5.10 Å². The molecule has 1 fully saturated rings. The van der Waals surface area contributed by atoms with Crippen molar-refractivity contribution in [2.75, 3.05) is 20.0 Å². The summed E-state index contributed by atoms with van der Waals surface area (Å²) in [6, 6.07) is 0.469. The van der Waals surface area contributed by atoms with E-state index in [0.717, 1.165) is 5.16 Å². The molecule has 1 aliphatic rings. The van der Waals surface area contributed by atoms with E-state index >= 15 is 0 Å². The second-order valence-corrected chi connectivity index (χ2v) is 5.04. The van der Waals surface area contributed by atoms with E-state index in [-0.39, 0.29) is 6.29 Å². The lowest BCUT2D eigenvalue weighted by Crippen LogP contribution is -2.17. The van der Waals surface area contributed by atoms with Crippen molar-refractivity contribution in [2.24, 2.45) is 0 Å². The first kappa shape index (κ1) is 12.8. The smallest absolute Gasteiger partial charge is 0.209 e. The maximum absolute atomic E-state index is 5.14. The molecule has 0 unspecified atom stereocenters. The van der Waals surface area contributed by atoms with E-state index in [4.69, 9.17) is 9.47 Å². The molecule has 1 aromatic rings. The van der Waals surface area contributed by atoms with Crippen LogP contribution in [0, 0.1) is 0 Å². The zero-order valence-electron chi connectivity index (χ0n) is 10.2. The molecule has 0 radical (unpaired) electrons. The lowest BCUT2D eigenvalue weighted by molar-refractivity contribution is -0.0842. The van der Waals surface area contributed by atoms with Gasteiger partial charge in [0.1, 0.15) is 0 Å². The van der Waals surface area contributed by atoms with Crippen molar-refractivity contribution in [3.63, 3.8) is 0 Å². The molecule has 0 amide bonds. The standard InChI is InChI=1S/C10H18N4O2S/c1-15-9(16-2)7-17-10-11-12-13-14(10)8-5-3-4-6-8/h8-9H,3-7H2,1-2H3. The van der Waals surface area contributed by atoms with Gasteiger partial charge in [-0.3, -0.25) is 0 Å². The van der Waals surface area contributed by atoms with Crippen LogP contribution in [0.15, 0.2) is 5.16 Å². The molecule has 0 spiro atoms. The fraction of sp³-hybridized carbons (Fsp3) is 0.900. The molecule has 17 heavy (non-hydrogen) atoms. The zero-order chi connectivity index (χ0) is 12.1. The number of thioether (sulfide) groups is 1. The predicted octanol–water partition coefficient (Wildman–Crippen LogP) is 1.50. The largest absolute Gasteiger partial charge is 0.355 e. The maximum Gasteiger partial charge on any atom is 0.209 e. The third-order valence-electron chi connectivity index (χ3n) is 3.01. The fourth-order valence-electron chi connectivity index (χ4n) is 2.03. The number of tetrazole rings is 1. The van der Waals surface area contributed by atoms with Crippen molar-refractivity contribution in [2.45, 2.75) is 43.2 Å². The molecule has 0 aliphatic heterocycles. The SMILES string of the molecule is COC(CSc1nnnn1C1CCCC1)OC. The van der Waals surface area contributed by atoms with Crippen molar-refractivity contribution in [3.8, 4) is 0 Å². The first-order valence-corrected chi connectivity index (χ1v) is 6.80. The van der Waals surface area contributed by atoms with Crippen molar-refractivity contribution in [1.82, 2.24) is 20.2 Å². The summed E-state index contributed by atoms with van der Waals surface area (Å²) >= 11 is 1.57. The van der Waals surface area contributed by atoms with Gasteiger partial charge in [0.25, 0.3) is 0 Å². The molecule has 1 aromatic heterocycles. The topological polar surface area (TPSA) is 62.1 Å². The molecule has 1 saturated carbocycles. The fourth-order valence-corrected chi connectivity index (χ4v) is 3.00. The van der Waals surface area contributed by atoms with Gasteiger partial charge in [-0.25, -0.2) is 4.68 Å². The van der Waals surface area contributed by atoms with E-state index in [1.54, 1.807) is 26.0 Å². The summed E-state index contributed by atoms with van der Waals surface area (Å²) in [6.45, 7) is 0. The molecule has 0 aromatic carbocycles. The second kappa shape index (κ2) is 6.32. The summed E-state index contributed by atoms with van der Waals surface area (Å²) in [5, 5.41) is 12.8. The molecule has 96 valence electrons. The van der Waals surface area contributed by atoms with E-state index in [1.165, 1.54) is 25.7 Å². The van der Waals surface area contributed by atoms with Crippen molar-refractivity contribution < 1.29 is 9.47 Å². The summed E-state index contributed by atoms with van der Waals surface area (Å²) in [6.07, 6.45) is 4.68. The lowest BCUT2D eigenvalue weighted by atomic mass is 10.3. The Kier molecular flexibility index (Phi) is 4.75. The Bertz CT molecular complexity index is 337. The Hall–Kier alpha value is -0.660. The highest BCUT2D eigenvalue weighted by atomic mass is 32.2. The van der Waals surface area contributed by atoms with Gasteiger partial charge in [0, 0.05) is 14.2 Å². The van der Waals surface area contributed by atoms with E-state index in [1.807, 2.05) is 4.68 Å². The van der Waals surface area contributed by atoms with Crippen LogP contribution in [-0.4, -0.2) is 46.5 Å². The average molecular weight is 258 g/mol. The first-order chi connectivity index (χ1) is 8.35. The summed E-state index contributed by atoms with van der Waals surface area (Å²) in [7, 11) is 3.27. The van der Waals surface area contributed by atoms with Crippen LogP contribution in [0.1, 0.15) is 31.7 Å². The third-order valence-corrected chi connectivity index (χ3v) is 3.97. The molecular weight excluding hydrogens is 240 g/mol. The van der Waals surface area contributed by atoms with E-state index < -0.39 is 0 Å². The number of aromatic nitrogens is 4. The molecule has 0 atom stereocenters. The van der Waals surface area contributed by atoms with Gasteiger partial charge < -0.3 is 9.47 Å². The maximum atomic E-state index is 5.14. The van der Waals surface area contributed by atoms with Crippen LogP contribution in [0.2, 0.25) is 0 Å². The van der Waals surface area contributed by atoms with Crippen LogP contribution in [0.3, 0.4) is 0 Å². The zero-order valence-corrected chi connectivity index (χ0v) is 11.0. The van der Waals surface area contributed by atoms with Crippen molar-refractivity contribution >= 4 is 11.8 Å². The van der Waals surface area contributed by atoms with Gasteiger partial charge in [0.15, 0.2) is 6.29 Å². The summed E-state index contributed by atoms with van der Waals surface area (Å²) < 4.78 is 12.2. The molecule has 0 N–H and O–H groups in total. The number of methoxy groups -OCH3 is 2. The van der Waals surface area contributed by atoms with Gasteiger partial charge in [-0.1, -0.05) is 24.6 Å². The minimum atomic E-state index is -0.214. The Balaban J connectivity index is 1.94. The van der Waals surface area contributed by atoms with Crippen LogP contribution >= 0.6 is 11.8 Å². The van der Waals surface area contributed by atoms with Gasteiger partial charge in [-0.2, -0.15) is 0 Å². The number of nitrogens with zero attached hydrogens (tertiary/aromatic N) is 4. The molecule has 7 heteroatoms. The molecule has 2 rings (SSSR count). The Morgan fingerprint density at radius 3 is 2.71 bits per heavy atom. The second-order valence-electron chi connectivity index (χ2n) is 4.06. The van der Waals surface area contributed by atoms with Crippen molar-refractivity contribution in [3.05, 3.63) is 0 Å². The quantitative estimate of drug-likeness (QED) is 0.569. The molecule has 0 saturated heterocycles. The lowest BCUT2D eigenvalue weighted by Gasteiger charge is -2.14. The number of hydrogen-bond acceptors (Lipinski definition) is 6. The van der Waals surface area contributed by atoms with Gasteiger partial charge in [-0.05, 0) is 23.3 Å². The van der Waals surface area contributed by atoms with E-state index in [0.29, 0.717) is 11.8 Å². The summed E-state index contributed by atoms with van der Waals surface area (Å²) in [4.78, 5) is 0. The van der Waals surface area contributed by atoms with Crippen LogP contribution in [0.25, 0.3) is 0 Å². The predicted molar refractivity (Wildman–Crippen MR) is 63.9 cm³/mol. The Morgan fingerprint density at radius 2 is 2.06 bits per heavy atom. The average Bonchev–Trinajstić information content (AvgIpc) is 3.00. The van der Waals surface area contributed by atoms with Crippen LogP contribution in [0.4, 0.5) is 0 Å². The number of hydrogen-bond donors (Lipinski definition) is 0. The van der Waals surface area contributed by atoms with Gasteiger partial charge >= 0.3 is 0 Å². The van der Waals surface area contributed by atoms with E-state index in [2.05, 4.69) is 15.5 Å². The summed E-state index contributed by atoms with van der Waals surface area (Å²) in [5.41, 5.74) is 0. The normalized spacial score (nSPS) is 17.1. The highest BCUT2D eigenvalue weighted by molar-refractivity contribution is 7.99. The number of rotatable bonds is 6. The molecule has 1 heterocycles. The third kappa shape index (κ3) is 3.17. The molecule has 0 bridgehead atoms. The van der Waals surface area contributed by atoms with Crippen LogP contribution in [-0.2, 0) is 9.47 Å². The minimum absolute atomic E-state index is 0.214. The molecule has 6 nitrogen and oxygen atoms in total. The highest BCUT2D eigenvalue weighted by Crippen LogP contribution is 2.31. The Labute approximate surface area is 105 Å². The van der Waals surface area contributed by atoms with Gasteiger partial charge in [0.2, 0.25) is 5.16 Å². The summed E-state index contributed by atoms with van der Waals surface area (Å²) in [5.74, 6) is 0.695. The van der Waals surface area contributed by atoms with E-state index in [9.17, 15) is 0 Å². The minimum Gasteiger partial charge on any atom is -0.355 e. The monoisotopic (exact) mass is 258 g/mol. The first-order valence-electron chi connectivity index (χ1n) is 5.81. The highest BCUT2D eigenvalue weighted by Gasteiger charge is 2.22. The molecular formula is C10H18N4O2S. The molecule has 1 aliphatic carbocycles. The van der Waals surface area contributed by atoms with Crippen LogP contribution < -0.4 is 0 Å².